The summed E-state index contributed by atoms with van der Waals surface area (Å²) in [5.74, 6) is -0.309. The van der Waals surface area contributed by atoms with E-state index >= 15 is 0 Å². The summed E-state index contributed by atoms with van der Waals surface area (Å²) in [6, 6.07) is 6.45. The van der Waals surface area contributed by atoms with Gasteiger partial charge in [0.05, 0.1) is 11.4 Å². The van der Waals surface area contributed by atoms with Crippen LogP contribution in [0, 0.1) is 5.82 Å². The average Bonchev–Trinajstić information content (AvgIpc) is 2.37. The number of hydrogen-bond donors (Lipinski definition) is 2. The molecule has 0 aromatic heterocycles. The summed E-state index contributed by atoms with van der Waals surface area (Å²) in [4.78, 5) is 0. The van der Waals surface area contributed by atoms with Crippen molar-refractivity contribution in [1.82, 2.24) is 0 Å². The van der Waals surface area contributed by atoms with Gasteiger partial charge in [-0.3, -0.25) is 0 Å². The van der Waals surface area contributed by atoms with Gasteiger partial charge in [-0.2, -0.15) is 0 Å². The van der Waals surface area contributed by atoms with Crippen molar-refractivity contribution in [2.45, 2.75) is 13.8 Å². The summed E-state index contributed by atoms with van der Waals surface area (Å²) in [6.45, 7) is 7.49. The summed E-state index contributed by atoms with van der Waals surface area (Å²) in [5, 5.41) is 2.86. The van der Waals surface area contributed by atoms with Gasteiger partial charge >= 0.3 is 0 Å². The highest BCUT2D eigenvalue weighted by molar-refractivity contribution is 5.48. The number of nitrogens with two attached hydrogens (primary N) is 1. The highest BCUT2D eigenvalue weighted by Crippen LogP contribution is 2.14. The van der Waals surface area contributed by atoms with Gasteiger partial charge < -0.3 is 11.1 Å². The Balaban J connectivity index is 2.80. The molecule has 0 saturated carbocycles. The first-order chi connectivity index (χ1) is 9.04. The zero-order valence-electron chi connectivity index (χ0n) is 11.3. The van der Waals surface area contributed by atoms with E-state index in [0.29, 0.717) is 11.4 Å². The third-order valence-corrected chi connectivity index (χ3v) is 2.54. The van der Waals surface area contributed by atoms with E-state index in [0.717, 1.165) is 11.1 Å². The predicted molar refractivity (Wildman–Crippen MR) is 80.0 cm³/mol. The van der Waals surface area contributed by atoms with Gasteiger partial charge in [-0.25, -0.2) is 4.39 Å². The zero-order chi connectivity index (χ0) is 14.3. The fourth-order valence-electron chi connectivity index (χ4n) is 1.51. The molecular weight excluding hydrogens is 239 g/mol. The van der Waals surface area contributed by atoms with Gasteiger partial charge in [-0.15, -0.1) is 0 Å². The van der Waals surface area contributed by atoms with Gasteiger partial charge in [0.15, 0.2) is 0 Å². The fraction of sp³-hybridized carbons (Fsp3) is 0.125. The Hall–Kier alpha value is -2.29. The molecular formula is C16H19FN2. The standard InChI is InChI=1S/C16H19FN2/c1-4-7-12(2)10-13(3)15(18)11-19-16-9-6-5-8-14(16)17/h4-11,19H,1,18H2,2-3H3/b12-7+,13-10+,15-11-. The van der Waals surface area contributed by atoms with Crippen LogP contribution in [0.25, 0.3) is 0 Å². The molecule has 3 N–H and O–H groups in total. The predicted octanol–water partition coefficient (Wildman–Crippen LogP) is 4.12. The molecule has 0 radical (unpaired) electrons. The summed E-state index contributed by atoms with van der Waals surface area (Å²) >= 11 is 0. The molecule has 0 saturated heterocycles. The van der Waals surface area contributed by atoms with Crippen molar-refractivity contribution >= 4 is 5.69 Å². The maximum Gasteiger partial charge on any atom is 0.146 e. The van der Waals surface area contributed by atoms with Gasteiger partial charge in [-0.05, 0) is 31.6 Å². The molecule has 0 amide bonds. The van der Waals surface area contributed by atoms with Crippen LogP contribution in [0.1, 0.15) is 13.8 Å². The largest absolute Gasteiger partial charge is 0.397 e. The van der Waals surface area contributed by atoms with Crippen molar-refractivity contribution in [1.29, 1.82) is 0 Å². The maximum atomic E-state index is 13.4. The molecule has 0 unspecified atom stereocenters. The Bertz CT molecular complexity index is 539. The van der Waals surface area contributed by atoms with Crippen molar-refractivity contribution < 1.29 is 4.39 Å². The monoisotopic (exact) mass is 258 g/mol. The molecule has 2 nitrogen and oxygen atoms in total. The number of nitrogens with one attached hydrogen (secondary N) is 1. The zero-order valence-corrected chi connectivity index (χ0v) is 11.3. The van der Waals surface area contributed by atoms with Gasteiger partial charge in [0.2, 0.25) is 0 Å². The molecule has 0 aliphatic rings. The van der Waals surface area contributed by atoms with Crippen LogP contribution in [0.15, 0.2) is 72.1 Å². The number of hydrogen-bond acceptors (Lipinski definition) is 2. The number of para-hydroxylation sites is 1. The van der Waals surface area contributed by atoms with Gasteiger partial charge in [0.25, 0.3) is 0 Å². The lowest BCUT2D eigenvalue weighted by Crippen LogP contribution is -2.03. The van der Waals surface area contributed by atoms with Crippen molar-refractivity contribution in [2.24, 2.45) is 5.73 Å². The number of allylic oxidation sites excluding steroid dienone is 5. The Morgan fingerprint density at radius 2 is 2.00 bits per heavy atom. The molecule has 0 bridgehead atoms. The van der Waals surface area contributed by atoms with Crippen LogP contribution in [0.5, 0.6) is 0 Å². The highest BCUT2D eigenvalue weighted by atomic mass is 19.1. The van der Waals surface area contributed by atoms with E-state index in [-0.39, 0.29) is 5.82 Å². The van der Waals surface area contributed by atoms with Crippen molar-refractivity contribution in [3.63, 3.8) is 0 Å². The number of anilines is 1. The molecule has 1 aromatic rings. The van der Waals surface area contributed by atoms with Crippen LogP contribution in [0.4, 0.5) is 10.1 Å². The van der Waals surface area contributed by atoms with Crippen molar-refractivity contribution in [3.8, 4) is 0 Å². The molecule has 0 atom stereocenters. The average molecular weight is 258 g/mol. The Morgan fingerprint density at radius 1 is 1.32 bits per heavy atom. The number of benzene rings is 1. The number of halogens is 1. The molecule has 0 spiro atoms. The van der Waals surface area contributed by atoms with Crippen LogP contribution in [-0.4, -0.2) is 0 Å². The normalized spacial score (nSPS) is 13.3. The minimum absolute atomic E-state index is 0.309. The van der Waals surface area contributed by atoms with Crippen LogP contribution >= 0.6 is 0 Å². The second-order valence-electron chi connectivity index (χ2n) is 4.20. The maximum absolute atomic E-state index is 13.4. The third-order valence-electron chi connectivity index (χ3n) is 2.54. The van der Waals surface area contributed by atoms with Gasteiger partial charge in [-0.1, -0.05) is 42.5 Å². The SMILES string of the molecule is C=C/C=C(C)/C=C(C)/C(N)=C/Nc1ccccc1F. The van der Waals surface area contributed by atoms with Crippen LogP contribution < -0.4 is 11.1 Å². The highest BCUT2D eigenvalue weighted by Gasteiger charge is 1.99. The molecule has 1 aromatic carbocycles. The first-order valence-electron chi connectivity index (χ1n) is 5.99. The molecule has 0 aliphatic carbocycles. The quantitative estimate of drug-likeness (QED) is 0.780. The van der Waals surface area contributed by atoms with Crippen molar-refractivity contribution in [2.75, 3.05) is 5.32 Å². The molecule has 0 heterocycles. The molecule has 3 heteroatoms. The van der Waals surface area contributed by atoms with E-state index in [9.17, 15) is 4.39 Å². The van der Waals surface area contributed by atoms with Gasteiger partial charge in [0, 0.05) is 6.20 Å². The molecule has 1 rings (SSSR count). The summed E-state index contributed by atoms with van der Waals surface area (Å²) in [5.41, 5.74) is 8.82. The lowest BCUT2D eigenvalue weighted by atomic mass is 10.1. The fourth-order valence-corrected chi connectivity index (χ4v) is 1.51. The van der Waals surface area contributed by atoms with Gasteiger partial charge in [0.1, 0.15) is 5.82 Å². The minimum atomic E-state index is -0.309. The summed E-state index contributed by atoms with van der Waals surface area (Å²) < 4.78 is 13.4. The second kappa shape index (κ2) is 7.21. The first-order valence-corrected chi connectivity index (χ1v) is 5.99. The Kier molecular flexibility index (Phi) is 5.61. The van der Waals surface area contributed by atoms with Crippen LogP contribution in [-0.2, 0) is 0 Å². The second-order valence-corrected chi connectivity index (χ2v) is 4.20. The lowest BCUT2D eigenvalue weighted by molar-refractivity contribution is 0.632. The summed E-state index contributed by atoms with van der Waals surface area (Å²) in [7, 11) is 0. The molecule has 100 valence electrons. The van der Waals surface area contributed by atoms with E-state index in [1.54, 1.807) is 30.5 Å². The van der Waals surface area contributed by atoms with Crippen LogP contribution in [0.3, 0.4) is 0 Å². The summed E-state index contributed by atoms with van der Waals surface area (Å²) in [6.07, 6.45) is 7.14. The molecule has 0 fully saturated rings. The lowest BCUT2D eigenvalue weighted by Gasteiger charge is -2.06. The minimum Gasteiger partial charge on any atom is -0.397 e. The van der Waals surface area contributed by atoms with Crippen molar-refractivity contribution in [3.05, 3.63) is 77.9 Å². The molecule has 19 heavy (non-hydrogen) atoms. The van der Waals surface area contributed by atoms with Crippen LogP contribution in [0.2, 0.25) is 0 Å². The third kappa shape index (κ3) is 4.84. The number of rotatable bonds is 5. The van der Waals surface area contributed by atoms with E-state index in [1.807, 2.05) is 26.0 Å². The topological polar surface area (TPSA) is 38.0 Å². The van der Waals surface area contributed by atoms with E-state index < -0.39 is 0 Å². The Morgan fingerprint density at radius 3 is 2.63 bits per heavy atom. The Labute approximate surface area is 113 Å². The van der Waals surface area contributed by atoms with E-state index in [4.69, 9.17) is 5.73 Å². The molecule has 0 aliphatic heterocycles. The van der Waals surface area contributed by atoms with E-state index in [1.165, 1.54) is 6.07 Å². The first kappa shape index (κ1) is 14.8. The van der Waals surface area contributed by atoms with E-state index in [2.05, 4.69) is 11.9 Å². The smallest absolute Gasteiger partial charge is 0.146 e.